The molecule has 0 bridgehead atoms. The van der Waals surface area contributed by atoms with Gasteiger partial charge in [-0.1, -0.05) is 6.92 Å². The normalized spacial score (nSPS) is 19.5. The number of carbonyl (C=O) groups is 1. The van der Waals surface area contributed by atoms with Crippen molar-refractivity contribution in [1.29, 1.82) is 0 Å². The number of amidine groups is 1. The summed E-state index contributed by atoms with van der Waals surface area (Å²) in [7, 11) is 0. The van der Waals surface area contributed by atoms with Gasteiger partial charge in [0.15, 0.2) is 0 Å². The molecule has 1 unspecified atom stereocenters. The molecule has 0 saturated heterocycles. The zero-order chi connectivity index (χ0) is 11.8. The Balaban J connectivity index is 2.01. The summed E-state index contributed by atoms with van der Waals surface area (Å²) in [6.45, 7) is 1.96. The Labute approximate surface area is 102 Å². The molecule has 1 N–H and O–H groups in total. The monoisotopic (exact) mass is 245 g/mol. The minimum atomic E-state index is -0.246. The van der Waals surface area contributed by atoms with Crippen LogP contribution in [0.2, 0.25) is 0 Å². The zero-order valence-corrected chi connectivity index (χ0v) is 10.1. The molecular weight excluding hydrogens is 234 g/mol. The summed E-state index contributed by atoms with van der Waals surface area (Å²) in [5.41, 5.74) is 1.86. The van der Waals surface area contributed by atoms with Crippen LogP contribution in [0.1, 0.15) is 18.9 Å². The van der Waals surface area contributed by atoms with Gasteiger partial charge in [0.2, 0.25) is 5.91 Å². The fraction of sp³-hybridized carbons (Fsp3) is 0.250. The van der Waals surface area contributed by atoms with Crippen molar-refractivity contribution in [3.05, 3.63) is 29.3 Å². The van der Waals surface area contributed by atoms with Crippen molar-refractivity contribution in [2.24, 2.45) is 4.99 Å². The molecule has 2 aromatic heterocycles. The first-order chi connectivity index (χ1) is 8.28. The van der Waals surface area contributed by atoms with Crippen LogP contribution in [0.4, 0.5) is 0 Å². The van der Waals surface area contributed by atoms with Crippen LogP contribution >= 0.6 is 11.3 Å². The minimum absolute atomic E-state index is 0.0197. The van der Waals surface area contributed by atoms with E-state index in [4.69, 9.17) is 0 Å². The molecule has 0 radical (unpaired) electrons. The van der Waals surface area contributed by atoms with E-state index in [0.29, 0.717) is 5.84 Å². The Morgan fingerprint density at radius 1 is 1.53 bits per heavy atom. The Bertz CT molecular complexity index is 617. The van der Waals surface area contributed by atoms with Crippen molar-refractivity contribution in [3.8, 4) is 0 Å². The number of fused-ring (bicyclic) bond motifs is 1. The lowest BCUT2D eigenvalue weighted by Crippen LogP contribution is -2.28. The molecule has 4 nitrogen and oxygen atoms in total. The lowest BCUT2D eigenvalue weighted by atomic mass is 10.2. The number of amides is 1. The number of nitrogens with one attached hydrogen (secondary N) is 1. The molecule has 17 heavy (non-hydrogen) atoms. The van der Waals surface area contributed by atoms with Gasteiger partial charge in [-0.15, -0.1) is 11.3 Å². The number of aliphatic imine (C=N–C) groups is 1. The highest BCUT2D eigenvalue weighted by Crippen LogP contribution is 2.20. The van der Waals surface area contributed by atoms with Crippen LogP contribution in [0.5, 0.6) is 0 Å². The molecule has 3 heterocycles. The quantitative estimate of drug-likeness (QED) is 0.879. The predicted molar refractivity (Wildman–Crippen MR) is 68.4 cm³/mol. The summed E-state index contributed by atoms with van der Waals surface area (Å²) in [6, 6.07) is 3.75. The van der Waals surface area contributed by atoms with Crippen molar-refractivity contribution in [2.45, 2.75) is 19.4 Å². The van der Waals surface area contributed by atoms with Crippen LogP contribution in [-0.2, 0) is 4.79 Å². The van der Waals surface area contributed by atoms with Crippen molar-refractivity contribution in [3.63, 3.8) is 0 Å². The third-order valence-electron chi connectivity index (χ3n) is 2.79. The fourth-order valence-electron chi connectivity index (χ4n) is 1.85. The third-order valence-corrected chi connectivity index (χ3v) is 3.65. The number of nitrogens with zero attached hydrogens (tertiary/aromatic N) is 2. The average Bonchev–Trinajstić information content (AvgIpc) is 2.93. The summed E-state index contributed by atoms with van der Waals surface area (Å²) in [5, 5.41) is 4.81. The molecule has 1 aliphatic rings. The fourth-order valence-corrected chi connectivity index (χ4v) is 2.63. The maximum atomic E-state index is 11.6. The SMILES string of the molecule is CCC1N=C(c2cnc3ccsc3c2)NC1=O. The molecule has 5 heteroatoms. The molecule has 1 atom stereocenters. The van der Waals surface area contributed by atoms with E-state index in [9.17, 15) is 4.79 Å². The smallest absolute Gasteiger partial charge is 0.250 e. The average molecular weight is 245 g/mol. The van der Waals surface area contributed by atoms with E-state index in [-0.39, 0.29) is 11.9 Å². The zero-order valence-electron chi connectivity index (χ0n) is 9.30. The topological polar surface area (TPSA) is 54.4 Å². The first-order valence-corrected chi connectivity index (χ1v) is 6.38. The number of rotatable bonds is 2. The Kier molecular flexibility index (Phi) is 2.40. The largest absolute Gasteiger partial charge is 0.309 e. The second-order valence-electron chi connectivity index (χ2n) is 3.92. The van der Waals surface area contributed by atoms with Gasteiger partial charge in [0.05, 0.1) is 10.2 Å². The molecule has 0 fully saturated rings. The van der Waals surface area contributed by atoms with Crippen molar-refractivity contribution < 1.29 is 4.79 Å². The predicted octanol–water partition coefficient (Wildman–Crippen LogP) is 1.95. The van der Waals surface area contributed by atoms with Crippen molar-refractivity contribution in [2.75, 3.05) is 0 Å². The Morgan fingerprint density at radius 2 is 2.41 bits per heavy atom. The number of aromatic nitrogens is 1. The minimum Gasteiger partial charge on any atom is -0.309 e. The highest BCUT2D eigenvalue weighted by Gasteiger charge is 2.25. The summed E-state index contributed by atoms with van der Waals surface area (Å²) in [6.07, 6.45) is 2.48. The molecule has 0 saturated carbocycles. The van der Waals surface area contributed by atoms with Gasteiger partial charge in [-0.05, 0) is 23.9 Å². The molecule has 0 spiro atoms. The first kappa shape index (κ1) is 10.4. The summed E-state index contributed by atoms with van der Waals surface area (Å²) >= 11 is 1.64. The van der Waals surface area contributed by atoms with Crippen LogP contribution in [-0.4, -0.2) is 22.8 Å². The lowest BCUT2D eigenvalue weighted by Gasteiger charge is -2.00. The maximum absolute atomic E-state index is 11.6. The number of carbonyl (C=O) groups excluding carboxylic acids is 1. The van der Waals surface area contributed by atoms with Gasteiger partial charge in [0, 0.05) is 11.8 Å². The Morgan fingerprint density at radius 3 is 3.18 bits per heavy atom. The molecule has 2 aromatic rings. The molecule has 1 amide bonds. The van der Waals surface area contributed by atoms with Gasteiger partial charge in [0.25, 0.3) is 0 Å². The van der Waals surface area contributed by atoms with Gasteiger partial charge in [-0.2, -0.15) is 0 Å². The van der Waals surface area contributed by atoms with E-state index in [1.54, 1.807) is 17.5 Å². The van der Waals surface area contributed by atoms with Gasteiger partial charge >= 0.3 is 0 Å². The number of thiophene rings is 1. The maximum Gasteiger partial charge on any atom is 0.250 e. The van der Waals surface area contributed by atoms with E-state index in [1.165, 1.54) is 0 Å². The van der Waals surface area contributed by atoms with E-state index >= 15 is 0 Å². The van der Waals surface area contributed by atoms with Crippen molar-refractivity contribution >= 4 is 33.3 Å². The number of pyridine rings is 1. The Hall–Kier alpha value is -1.75. The highest BCUT2D eigenvalue weighted by atomic mass is 32.1. The van der Waals surface area contributed by atoms with E-state index in [1.807, 2.05) is 24.4 Å². The molecule has 0 aliphatic carbocycles. The molecular formula is C12H11N3OS. The standard InChI is InChI=1S/C12H11N3OS/c1-2-8-12(16)15-11(14-8)7-5-10-9(13-6-7)3-4-17-10/h3-6,8H,2H2,1H3,(H,14,15,16). The molecule has 86 valence electrons. The van der Waals surface area contributed by atoms with Crippen LogP contribution in [0, 0.1) is 0 Å². The number of hydrogen-bond donors (Lipinski definition) is 1. The summed E-state index contributed by atoms with van der Waals surface area (Å²) < 4.78 is 1.11. The third kappa shape index (κ3) is 1.72. The van der Waals surface area contributed by atoms with Crippen LogP contribution in [0.25, 0.3) is 10.2 Å². The second kappa shape index (κ2) is 3.92. The second-order valence-corrected chi connectivity index (χ2v) is 4.87. The van der Waals surface area contributed by atoms with E-state index in [2.05, 4.69) is 15.3 Å². The molecule has 1 aliphatic heterocycles. The lowest BCUT2D eigenvalue weighted by molar-refractivity contribution is -0.120. The van der Waals surface area contributed by atoms with Crippen molar-refractivity contribution in [1.82, 2.24) is 10.3 Å². The molecule has 3 rings (SSSR count). The number of hydrogen-bond acceptors (Lipinski definition) is 4. The van der Waals surface area contributed by atoms with Gasteiger partial charge < -0.3 is 5.32 Å². The van der Waals surface area contributed by atoms with E-state index < -0.39 is 0 Å². The van der Waals surface area contributed by atoms with Gasteiger partial charge in [-0.25, -0.2) is 0 Å². The summed E-state index contributed by atoms with van der Waals surface area (Å²) in [4.78, 5) is 20.3. The summed E-state index contributed by atoms with van der Waals surface area (Å²) in [5.74, 6) is 0.624. The molecule has 0 aromatic carbocycles. The van der Waals surface area contributed by atoms with Gasteiger partial charge in [-0.3, -0.25) is 14.8 Å². The van der Waals surface area contributed by atoms with Crippen LogP contribution < -0.4 is 5.32 Å². The van der Waals surface area contributed by atoms with Crippen LogP contribution in [0.3, 0.4) is 0 Å². The van der Waals surface area contributed by atoms with E-state index in [0.717, 1.165) is 22.2 Å². The highest BCUT2D eigenvalue weighted by molar-refractivity contribution is 7.17. The van der Waals surface area contributed by atoms with Gasteiger partial charge in [0.1, 0.15) is 11.9 Å². The van der Waals surface area contributed by atoms with Crippen LogP contribution in [0.15, 0.2) is 28.7 Å². The first-order valence-electron chi connectivity index (χ1n) is 5.50.